The molecule has 0 bridgehead atoms. The molecule has 3 heterocycles. The minimum atomic E-state index is -1.08. The fourth-order valence-electron chi connectivity index (χ4n) is 5.83. The number of halogens is 3. The molecule has 1 aliphatic heterocycles. The first-order chi connectivity index (χ1) is 21.4. The van der Waals surface area contributed by atoms with Crippen molar-refractivity contribution >= 4 is 40.0 Å². The summed E-state index contributed by atoms with van der Waals surface area (Å²) in [6, 6.07) is 6.54. The Morgan fingerprint density at radius 3 is 2.40 bits per heavy atom. The monoisotopic (exact) mass is 633 g/mol. The molecule has 2 aromatic carbocycles. The Bertz CT molecular complexity index is 1960. The molecule has 12 heteroatoms. The summed E-state index contributed by atoms with van der Waals surface area (Å²) in [5.41, 5.74) is -0.971. The maximum absolute atomic E-state index is 17.2. The third kappa shape index (κ3) is 5.25. The number of anilines is 1. The van der Waals surface area contributed by atoms with Gasteiger partial charge in [0.15, 0.2) is 5.82 Å². The van der Waals surface area contributed by atoms with Gasteiger partial charge in [-0.1, -0.05) is 31.5 Å². The summed E-state index contributed by atoms with van der Waals surface area (Å²) in [6.45, 7) is 6.13. The fraction of sp³-hybridized carbons (Fsp3) is 0.273. The Kier molecular flexibility index (Phi) is 8.54. The van der Waals surface area contributed by atoms with Crippen LogP contribution in [-0.4, -0.2) is 64.6 Å². The number of nitrogens with one attached hydrogen (secondary N) is 1. The number of phenolic OH excluding ortho intramolecular Hbond substituents is 1. The largest absolute Gasteiger partial charge is 0.507 e. The van der Waals surface area contributed by atoms with E-state index >= 15 is 8.78 Å². The number of benzene rings is 2. The van der Waals surface area contributed by atoms with Crippen molar-refractivity contribution in [2.45, 2.75) is 26.7 Å². The molecule has 4 aromatic rings. The van der Waals surface area contributed by atoms with Crippen LogP contribution >= 0.6 is 11.6 Å². The smallest absolute Gasteiger partial charge is 0.298 e. The molecule has 5 rings (SSSR count). The highest BCUT2D eigenvalue weighted by Crippen LogP contribution is 2.44. The summed E-state index contributed by atoms with van der Waals surface area (Å²) in [6.07, 6.45) is 6.87. The van der Waals surface area contributed by atoms with E-state index in [1.165, 1.54) is 30.1 Å². The number of nitrogens with zero attached hydrogens (tertiary/aromatic N) is 4. The highest BCUT2D eigenvalue weighted by Gasteiger charge is 2.33. The SMILES string of the molecule is C#CC(=O)N1CCN(c2c(C(=O)NC)c(=O)n(-c3c(C)ccnc3C(C)C)c3c(F)c(-c4c(O)cccc4F)c(Cl)cc23)CC1. The second-order valence-electron chi connectivity index (χ2n) is 11.0. The van der Waals surface area contributed by atoms with Crippen molar-refractivity contribution in [1.29, 1.82) is 0 Å². The molecule has 0 spiro atoms. The van der Waals surface area contributed by atoms with Gasteiger partial charge < -0.3 is 20.2 Å². The Morgan fingerprint density at radius 2 is 1.80 bits per heavy atom. The van der Waals surface area contributed by atoms with Gasteiger partial charge in [-0.2, -0.15) is 0 Å². The molecule has 232 valence electrons. The number of terminal acetylenes is 1. The van der Waals surface area contributed by atoms with E-state index in [0.717, 1.165) is 10.6 Å². The van der Waals surface area contributed by atoms with Crippen molar-refractivity contribution in [1.82, 2.24) is 19.8 Å². The zero-order chi connectivity index (χ0) is 32.7. The topological polar surface area (TPSA) is 108 Å². The van der Waals surface area contributed by atoms with E-state index in [2.05, 4.69) is 16.2 Å². The number of hydrogen-bond donors (Lipinski definition) is 2. The lowest BCUT2D eigenvalue weighted by Crippen LogP contribution is -2.49. The summed E-state index contributed by atoms with van der Waals surface area (Å²) in [5, 5.41) is 13.0. The lowest BCUT2D eigenvalue weighted by molar-refractivity contribution is -0.125. The highest BCUT2D eigenvalue weighted by molar-refractivity contribution is 6.34. The second kappa shape index (κ2) is 12.2. The molecule has 2 aromatic heterocycles. The number of aryl methyl sites for hydroxylation is 1. The number of carbonyl (C=O) groups excluding carboxylic acids is 2. The molecular weight excluding hydrogens is 604 g/mol. The fourth-order valence-corrected chi connectivity index (χ4v) is 6.11. The summed E-state index contributed by atoms with van der Waals surface area (Å²) in [5.74, 6) is -1.94. The number of phenols is 1. The molecule has 0 unspecified atom stereocenters. The van der Waals surface area contributed by atoms with Crippen molar-refractivity contribution in [3.8, 4) is 34.9 Å². The normalized spacial score (nSPS) is 13.3. The van der Waals surface area contributed by atoms with Crippen LogP contribution in [0.3, 0.4) is 0 Å². The predicted molar refractivity (Wildman–Crippen MR) is 169 cm³/mol. The van der Waals surface area contributed by atoms with Crippen molar-refractivity contribution < 1.29 is 23.5 Å². The molecule has 2 N–H and O–H groups in total. The van der Waals surface area contributed by atoms with Crippen molar-refractivity contribution in [3.05, 3.63) is 80.4 Å². The van der Waals surface area contributed by atoms with Gasteiger partial charge in [-0.3, -0.25) is 23.9 Å². The van der Waals surface area contributed by atoms with Gasteiger partial charge in [-0.05, 0) is 48.6 Å². The van der Waals surface area contributed by atoms with Gasteiger partial charge in [-0.25, -0.2) is 8.78 Å². The van der Waals surface area contributed by atoms with Gasteiger partial charge >= 0.3 is 0 Å². The number of aromatic hydroxyl groups is 1. The average molecular weight is 634 g/mol. The maximum Gasteiger partial charge on any atom is 0.298 e. The predicted octanol–water partition coefficient (Wildman–Crippen LogP) is 4.76. The standard InChI is InChI=1S/C33H30ClF2N5O4/c1-6-23(43)39-12-14-40(15-13-39)30-19-16-20(34)24(25-21(35)8-7-9-22(25)42)27(36)31(19)41(33(45)26(30)32(44)37-5)29-18(4)10-11-38-28(29)17(2)3/h1,7-11,16-17,42H,12-15H2,2-5H3,(H,37,44). The van der Waals surface area contributed by atoms with E-state index in [-0.39, 0.29) is 65.0 Å². The number of rotatable bonds is 5. The van der Waals surface area contributed by atoms with Gasteiger partial charge in [0, 0.05) is 50.4 Å². The Morgan fingerprint density at radius 1 is 1.11 bits per heavy atom. The highest BCUT2D eigenvalue weighted by atomic mass is 35.5. The lowest BCUT2D eigenvalue weighted by Gasteiger charge is -2.37. The third-order valence-electron chi connectivity index (χ3n) is 7.95. The molecule has 0 aliphatic carbocycles. The molecule has 0 saturated carbocycles. The first-order valence-corrected chi connectivity index (χ1v) is 14.6. The van der Waals surface area contributed by atoms with E-state index in [4.69, 9.17) is 18.0 Å². The molecule has 1 saturated heterocycles. The number of pyridine rings is 2. The van der Waals surface area contributed by atoms with Crippen LogP contribution < -0.4 is 15.8 Å². The molecule has 1 aliphatic rings. The zero-order valence-corrected chi connectivity index (χ0v) is 25.8. The van der Waals surface area contributed by atoms with Crippen LogP contribution in [0.15, 0.2) is 41.3 Å². The minimum Gasteiger partial charge on any atom is -0.507 e. The molecule has 0 radical (unpaired) electrons. The average Bonchev–Trinajstić information content (AvgIpc) is 3.01. The number of aromatic nitrogens is 2. The van der Waals surface area contributed by atoms with E-state index < -0.39 is 45.9 Å². The third-order valence-corrected chi connectivity index (χ3v) is 8.25. The molecule has 9 nitrogen and oxygen atoms in total. The van der Waals surface area contributed by atoms with Crippen LogP contribution in [0, 0.1) is 30.9 Å². The molecule has 2 amide bonds. The van der Waals surface area contributed by atoms with Crippen LogP contribution in [-0.2, 0) is 4.79 Å². The quantitative estimate of drug-likeness (QED) is 0.307. The van der Waals surface area contributed by atoms with Gasteiger partial charge in [0.2, 0.25) is 0 Å². The Balaban J connectivity index is 1.99. The van der Waals surface area contributed by atoms with Crippen molar-refractivity contribution in [3.63, 3.8) is 0 Å². The summed E-state index contributed by atoms with van der Waals surface area (Å²) < 4.78 is 33.5. The van der Waals surface area contributed by atoms with Crippen LogP contribution in [0.2, 0.25) is 5.02 Å². The van der Waals surface area contributed by atoms with E-state index in [1.54, 1.807) is 24.1 Å². The van der Waals surface area contributed by atoms with Gasteiger partial charge in [0.25, 0.3) is 17.4 Å². The summed E-state index contributed by atoms with van der Waals surface area (Å²) >= 11 is 6.69. The van der Waals surface area contributed by atoms with Gasteiger partial charge in [-0.15, -0.1) is 6.42 Å². The summed E-state index contributed by atoms with van der Waals surface area (Å²) in [7, 11) is 1.37. The number of carbonyl (C=O) groups is 2. The molecule has 45 heavy (non-hydrogen) atoms. The van der Waals surface area contributed by atoms with Crippen LogP contribution in [0.4, 0.5) is 14.5 Å². The van der Waals surface area contributed by atoms with Gasteiger partial charge in [0.05, 0.1) is 33.2 Å². The minimum absolute atomic E-state index is 0.0879. The van der Waals surface area contributed by atoms with E-state index in [9.17, 15) is 19.5 Å². The number of amides is 2. The van der Waals surface area contributed by atoms with E-state index in [1.807, 2.05) is 13.8 Å². The number of piperazine rings is 1. The van der Waals surface area contributed by atoms with Crippen LogP contribution in [0.5, 0.6) is 5.75 Å². The van der Waals surface area contributed by atoms with Crippen molar-refractivity contribution in [2.75, 3.05) is 38.1 Å². The zero-order valence-electron chi connectivity index (χ0n) is 25.0. The van der Waals surface area contributed by atoms with E-state index in [0.29, 0.717) is 11.3 Å². The first-order valence-electron chi connectivity index (χ1n) is 14.2. The Hall–Kier alpha value is -4.95. The molecule has 1 fully saturated rings. The van der Waals surface area contributed by atoms with Crippen LogP contribution in [0.25, 0.3) is 27.7 Å². The molecule has 0 atom stereocenters. The van der Waals surface area contributed by atoms with Crippen LogP contribution in [0.1, 0.15) is 41.4 Å². The Labute approximate surface area is 263 Å². The number of hydrogen-bond acceptors (Lipinski definition) is 6. The maximum atomic E-state index is 17.2. The number of fused-ring (bicyclic) bond motifs is 1. The molecular formula is C33H30ClF2N5O4. The summed E-state index contributed by atoms with van der Waals surface area (Å²) in [4.78, 5) is 48.0. The first kappa shape index (κ1) is 31.5. The van der Waals surface area contributed by atoms with Crippen molar-refractivity contribution in [2.24, 2.45) is 0 Å². The second-order valence-corrected chi connectivity index (χ2v) is 11.4. The lowest BCUT2D eigenvalue weighted by atomic mass is 9.97. The van der Waals surface area contributed by atoms with Gasteiger partial charge in [0.1, 0.15) is 17.1 Å².